The van der Waals surface area contributed by atoms with Gasteiger partial charge in [-0.15, -0.1) is 0 Å². The van der Waals surface area contributed by atoms with Crippen molar-refractivity contribution < 1.29 is 32.7 Å². The molecule has 0 aromatic rings. The summed E-state index contributed by atoms with van der Waals surface area (Å²) in [6.45, 7) is 7.19. The Balaban J connectivity index is 0. The van der Waals surface area contributed by atoms with Gasteiger partial charge in [-0.25, -0.2) is 8.42 Å². The molecule has 0 aromatic carbocycles. The summed E-state index contributed by atoms with van der Waals surface area (Å²) in [4.78, 5) is 0. The Morgan fingerprint density at radius 1 is 0.706 bits per heavy atom. The zero-order chi connectivity index (χ0) is 25.9. The zero-order valence-corrected chi connectivity index (χ0v) is 23.2. The van der Waals surface area contributed by atoms with E-state index < -0.39 is 10.4 Å². The van der Waals surface area contributed by atoms with Crippen LogP contribution in [0.2, 0.25) is 0 Å². The van der Waals surface area contributed by atoms with E-state index in [1.54, 1.807) is 0 Å². The molecule has 0 aromatic heterocycles. The molecule has 0 aliphatic rings. The Morgan fingerprint density at radius 3 is 1.47 bits per heavy atom. The Labute approximate surface area is 210 Å². The molecule has 0 saturated carbocycles. The fourth-order valence-electron chi connectivity index (χ4n) is 4.05. The summed E-state index contributed by atoms with van der Waals surface area (Å²) in [6.07, 6.45) is 22.0. The van der Waals surface area contributed by atoms with Crippen LogP contribution in [0.5, 0.6) is 0 Å². The Kier molecular flexibility index (Phi) is 28.4. The molecule has 0 rings (SSSR count). The average Bonchev–Trinajstić information content (AvgIpc) is 2.78. The summed E-state index contributed by atoms with van der Waals surface area (Å²) >= 11 is 0. The van der Waals surface area contributed by atoms with Crippen LogP contribution >= 0.6 is 0 Å². The van der Waals surface area contributed by atoms with Crippen molar-refractivity contribution >= 4 is 10.4 Å². The lowest BCUT2D eigenvalue weighted by molar-refractivity contribution is -0.606. The topological polar surface area (TPSA) is 124 Å². The number of aliphatic hydroxyl groups is 2. The van der Waals surface area contributed by atoms with Crippen molar-refractivity contribution in [3.8, 4) is 0 Å². The molecule has 0 heterocycles. The molecule has 0 amide bonds. The quantitative estimate of drug-likeness (QED) is 0.102. The van der Waals surface area contributed by atoms with Gasteiger partial charge in [0.1, 0.15) is 5.70 Å². The minimum Gasteiger partial charge on any atom is -0.726 e. The maximum atomic E-state index is 9.45. The molecule has 0 aliphatic heterocycles. The van der Waals surface area contributed by atoms with E-state index in [0.717, 1.165) is 25.8 Å². The number of nitrogens with two attached hydrogens (primary N) is 1. The minimum atomic E-state index is -4.42. The van der Waals surface area contributed by atoms with Crippen molar-refractivity contribution in [3.63, 3.8) is 0 Å². The highest BCUT2D eigenvalue weighted by Gasteiger charge is 2.10. The fourth-order valence-corrected chi connectivity index (χ4v) is 4.34. The van der Waals surface area contributed by atoms with Crippen molar-refractivity contribution in [1.29, 1.82) is 0 Å². The molecule has 0 radical (unpaired) electrons. The van der Waals surface area contributed by atoms with Crippen LogP contribution in [0, 0.1) is 0 Å². The smallest absolute Gasteiger partial charge is 0.217 e. The summed E-state index contributed by atoms with van der Waals surface area (Å²) in [7, 11) is -4.42. The van der Waals surface area contributed by atoms with Crippen LogP contribution in [0.3, 0.4) is 0 Å². The van der Waals surface area contributed by atoms with E-state index in [4.69, 9.17) is 0 Å². The first-order chi connectivity index (χ1) is 16.4. The number of quaternary nitrogens is 1. The van der Waals surface area contributed by atoms with E-state index in [1.165, 1.54) is 108 Å². The van der Waals surface area contributed by atoms with Crippen LogP contribution < -0.4 is 5.32 Å². The second-order valence-corrected chi connectivity index (χ2v) is 9.90. The molecule has 0 unspecified atom stereocenters. The third kappa shape index (κ3) is 27.7. The predicted molar refractivity (Wildman–Crippen MR) is 139 cm³/mol. The van der Waals surface area contributed by atoms with E-state index >= 15 is 0 Å². The van der Waals surface area contributed by atoms with Gasteiger partial charge >= 0.3 is 0 Å². The average molecular weight is 510 g/mol. The van der Waals surface area contributed by atoms with Gasteiger partial charge in [-0.1, -0.05) is 90.4 Å². The first-order valence-corrected chi connectivity index (χ1v) is 15.1. The van der Waals surface area contributed by atoms with Crippen LogP contribution in [-0.2, 0) is 14.6 Å². The van der Waals surface area contributed by atoms with Crippen molar-refractivity contribution in [2.75, 3.05) is 26.4 Å². The summed E-state index contributed by atoms with van der Waals surface area (Å²) in [5.74, 6) is 0. The van der Waals surface area contributed by atoms with Crippen LogP contribution in [0.25, 0.3) is 0 Å². The monoisotopic (exact) mass is 509 g/mol. The standard InChI is InChI=1S/C24H49NO2.C2H6O4S/c1-3-5-6-7-8-9-10-11-12-13-14-15-16-17-18-23(19-21-26)24(20-22-27)25-4-2;1-2-6-7(3,4)5/h25-27H,3-22H2,1-2H3;2H2,1H3,(H,3,4,5). The number of unbranched alkanes of at least 4 members (excludes halogenated alkanes) is 13. The summed E-state index contributed by atoms with van der Waals surface area (Å²) in [5, 5.41) is 20.8. The van der Waals surface area contributed by atoms with Gasteiger partial charge in [0.15, 0.2) is 0 Å². The molecule has 0 aliphatic carbocycles. The van der Waals surface area contributed by atoms with E-state index in [2.05, 4.69) is 23.3 Å². The molecular weight excluding hydrogens is 454 g/mol. The number of hydrogen-bond donors (Lipinski definition) is 3. The van der Waals surface area contributed by atoms with Crippen molar-refractivity contribution in [1.82, 2.24) is 0 Å². The molecule has 0 atom stereocenters. The zero-order valence-electron chi connectivity index (χ0n) is 22.4. The molecule has 34 heavy (non-hydrogen) atoms. The first-order valence-electron chi connectivity index (χ1n) is 13.7. The lowest BCUT2D eigenvalue weighted by Crippen LogP contribution is -2.82. The molecule has 7 nitrogen and oxygen atoms in total. The number of rotatable bonds is 23. The van der Waals surface area contributed by atoms with Crippen LogP contribution in [0.1, 0.15) is 130 Å². The molecule has 0 spiro atoms. The summed E-state index contributed by atoms with van der Waals surface area (Å²) in [6, 6.07) is 0. The predicted octanol–water partition coefficient (Wildman–Crippen LogP) is 4.94. The van der Waals surface area contributed by atoms with E-state index in [-0.39, 0.29) is 19.8 Å². The highest BCUT2D eigenvalue weighted by Crippen LogP contribution is 2.18. The van der Waals surface area contributed by atoms with Crippen molar-refractivity contribution in [2.24, 2.45) is 0 Å². The van der Waals surface area contributed by atoms with Gasteiger partial charge in [0, 0.05) is 13.0 Å². The van der Waals surface area contributed by atoms with E-state index in [9.17, 15) is 23.2 Å². The Bertz CT molecular complexity index is 543. The Morgan fingerprint density at radius 2 is 1.15 bits per heavy atom. The molecule has 0 saturated heterocycles. The minimum absolute atomic E-state index is 0.0914. The highest BCUT2D eigenvalue weighted by molar-refractivity contribution is 7.80. The van der Waals surface area contributed by atoms with Gasteiger partial charge in [-0.3, -0.25) is 4.18 Å². The normalized spacial score (nSPS) is 12.3. The lowest BCUT2D eigenvalue weighted by atomic mass is 9.99. The van der Waals surface area contributed by atoms with Gasteiger partial charge in [0.05, 0.1) is 19.8 Å². The molecule has 0 fully saturated rings. The second-order valence-electron chi connectivity index (χ2n) is 8.85. The maximum Gasteiger partial charge on any atom is 0.217 e. The van der Waals surface area contributed by atoms with Gasteiger partial charge in [-0.05, 0) is 38.7 Å². The van der Waals surface area contributed by atoms with Gasteiger partial charge in [0.25, 0.3) is 0 Å². The van der Waals surface area contributed by atoms with Gasteiger partial charge in [0.2, 0.25) is 10.4 Å². The number of hydrogen-bond acceptors (Lipinski definition) is 6. The SMILES string of the molecule is CCCCCCCCCCCCCCCCC(CCO)=C(CCO)[NH2+]CC.CCOS(=O)(=O)[O-]. The van der Waals surface area contributed by atoms with Crippen LogP contribution in [0.15, 0.2) is 11.3 Å². The highest BCUT2D eigenvalue weighted by atomic mass is 32.3. The maximum absolute atomic E-state index is 9.45. The van der Waals surface area contributed by atoms with Crippen molar-refractivity contribution in [3.05, 3.63) is 11.3 Å². The third-order valence-corrected chi connectivity index (χ3v) is 6.32. The third-order valence-electron chi connectivity index (χ3n) is 5.79. The molecular formula is C26H55NO6S. The van der Waals surface area contributed by atoms with Crippen LogP contribution in [-0.4, -0.2) is 49.5 Å². The molecule has 8 heteroatoms. The van der Waals surface area contributed by atoms with Crippen LogP contribution in [0.4, 0.5) is 0 Å². The van der Waals surface area contributed by atoms with Crippen molar-refractivity contribution in [2.45, 2.75) is 130 Å². The molecule has 4 N–H and O–H groups in total. The van der Waals surface area contributed by atoms with Gasteiger partial charge < -0.3 is 20.1 Å². The summed E-state index contributed by atoms with van der Waals surface area (Å²) < 4.78 is 32.0. The first kappa shape index (κ1) is 35.7. The summed E-state index contributed by atoms with van der Waals surface area (Å²) in [5.41, 5.74) is 2.65. The second kappa shape index (κ2) is 27.1. The molecule has 206 valence electrons. The Hall–Kier alpha value is -0.510. The van der Waals surface area contributed by atoms with Gasteiger partial charge in [-0.2, -0.15) is 0 Å². The number of aliphatic hydroxyl groups excluding tert-OH is 2. The fraction of sp³-hybridized carbons (Fsp3) is 0.923. The van der Waals surface area contributed by atoms with E-state index in [1.807, 2.05) is 0 Å². The molecule has 0 bridgehead atoms. The lowest BCUT2D eigenvalue weighted by Gasteiger charge is -2.11. The largest absolute Gasteiger partial charge is 0.726 e. The van der Waals surface area contributed by atoms with E-state index in [0.29, 0.717) is 0 Å².